The number of allylic oxidation sites excluding steroid dienone is 10. The fraction of sp³-hybridized carbons (Fsp3) is 0.776. The number of hydrogen-bond donors (Lipinski definition) is 0. The molecule has 0 fully saturated rings. The van der Waals surface area contributed by atoms with E-state index in [4.69, 9.17) is 14.2 Å². The van der Waals surface area contributed by atoms with Gasteiger partial charge in [-0.1, -0.05) is 216 Å². The van der Waals surface area contributed by atoms with Crippen molar-refractivity contribution in [1.29, 1.82) is 0 Å². The van der Waals surface area contributed by atoms with Crippen LogP contribution in [0, 0.1) is 0 Å². The first-order chi connectivity index (χ1) is 31.5. The largest absolute Gasteiger partial charge is 0.462 e. The average Bonchev–Trinajstić information content (AvgIpc) is 3.29. The number of ether oxygens (including phenoxy) is 3. The molecule has 0 aliphatic carbocycles. The molecule has 0 aliphatic rings. The molecule has 0 aromatic rings. The van der Waals surface area contributed by atoms with Crippen LogP contribution in [0.25, 0.3) is 0 Å². The second kappa shape index (κ2) is 52.7. The van der Waals surface area contributed by atoms with E-state index in [1.54, 1.807) is 0 Å². The van der Waals surface area contributed by atoms with E-state index in [0.717, 1.165) is 103 Å². The molecule has 0 aromatic heterocycles. The maximum atomic E-state index is 12.8. The van der Waals surface area contributed by atoms with Crippen molar-refractivity contribution in [3.63, 3.8) is 0 Å². The first kappa shape index (κ1) is 61.1. The normalized spacial score (nSPS) is 12.5. The summed E-state index contributed by atoms with van der Waals surface area (Å²) in [6.45, 7) is 6.58. The monoisotopic (exact) mass is 895 g/mol. The quantitative estimate of drug-likeness (QED) is 0.0199. The van der Waals surface area contributed by atoms with Gasteiger partial charge in [-0.25, -0.2) is 0 Å². The molecule has 0 amide bonds. The number of hydrogen-bond acceptors (Lipinski definition) is 6. The Balaban J connectivity index is 4.44. The molecule has 1 atom stereocenters. The Morgan fingerprint density at radius 1 is 0.312 bits per heavy atom. The van der Waals surface area contributed by atoms with Crippen LogP contribution in [0.3, 0.4) is 0 Å². The van der Waals surface area contributed by atoms with Crippen LogP contribution < -0.4 is 0 Å². The van der Waals surface area contributed by atoms with Crippen molar-refractivity contribution >= 4 is 17.9 Å². The molecule has 0 heterocycles. The third-order valence-electron chi connectivity index (χ3n) is 11.8. The fourth-order valence-corrected chi connectivity index (χ4v) is 7.61. The molecule has 0 saturated carbocycles. The van der Waals surface area contributed by atoms with Gasteiger partial charge in [-0.15, -0.1) is 0 Å². The highest BCUT2D eigenvalue weighted by Gasteiger charge is 2.19. The van der Waals surface area contributed by atoms with Crippen LogP contribution in [-0.4, -0.2) is 37.2 Å². The van der Waals surface area contributed by atoms with Crippen LogP contribution in [0.5, 0.6) is 0 Å². The molecule has 0 N–H and O–H groups in total. The second-order valence-corrected chi connectivity index (χ2v) is 18.2. The molecular formula is C58H102O6. The van der Waals surface area contributed by atoms with Crippen molar-refractivity contribution in [2.75, 3.05) is 13.2 Å². The predicted octanol–water partition coefficient (Wildman–Crippen LogP) is 18.0. The minimum atomic E-state index is -0.796. The molecule has 0 saturated heterocycles. The molecular weight excluding hydrogens is 793 g/mol. The van der Waals surface area contributed by atoms with E-state index in [-0.39, 0.29) is 31.1 Å². The van der Waals surface area contributed by atoms with E-state index in [1.165, 1.54) is 128 Å². The molecule has 0 aromatic carbocycles. The second-order valence-electron chi connectivity index (χ2n) is 18.2. The van der Waals surface area contributed by atoms with E-state index in [2.05, 4.69) is 81.5 Å². The molecule has 64 heavy (non-hydrogen) atoms. The summed E-state index contributed by atoms with van der Waals surface area (Å²) in [5, 5.41) is 0. The van der Waals surface area contributed by atoms with Crippen LogP contribution >= 0.6 is 0 Å². The molecule has 0 radical (unpaired) electrons. The van der Waals surface area contributed by atoms with E-state index >= 15 is 0 Å². The molecule has 0 spiro atoms. The number of carbonyl (C=O) groups excluding carboxylic acids is 3. The van der Waals surface area contributed by atoms with Gasteiger partial charge in [-0.05, 0) is 96.3 Å². The summed E-state index contributed by atoms with van der Waals surface area (Å²) in [5.74, 6) is -0.938. The van der Waals surface area contributed by atoms with Gasteiger partial charge in [0, 0.05) is 19.3 Å². The highest BCUT2D eigenvalue weighted by atomic mass is 16.6. The first-order valence-corrected chi connectivity index (χ1v) is 27.3. The third kappa shape index (κ3) is 50.1. The van der Waals surface area contributed by atoms with Crippen LogP contribution in [0.15, 0.2) is 60.8 Å². The Hall–Kier alpha value is -2.89. The van der Waals surface area contributed by atoms with Crippen molar-refractivity contribution in [2.45, 2.75) is 277 Å². The zero-order valence-electron chi connectivity index (χ0n) is 42.3. The highest BCUT2D eigenvalue weighted by Crippen LogP contribution is 2.14. The summed E-state index contributed by atoms with van der Waals surface area (Å²) in [6, 6.07) is 0. The number of esters is 3. The van der Waals surface area contributed by atoms with Gasteiger partial charge in [0.25, 0.3) is 0 Å². The van der Waals surface area contributed by atoms with Gasteiger partial charge in [0.2, 0.25) is 0 Å². The van der Waals surface area contributed by atoms with Gasteiger partial charge in [-0.2, -0.15) is 0 Å². The van der Waals surface area contributed by atoms with Crippen molar-refractivity contribution in [2.24, 2.45) is 0 Å². The van der Waals surface area contributed by atoms with Gasteiger partial charge in [0.15, 0.2) is 6.10 Å². The zero-order valence-corrected chi connectivity index (χ0v) is 42.3. The Labute approximate surface area is 396 Å². The van der Waals surface area contributed by atoms with E-state index < -0.39 is 6.10 Å². The zero-order chi connectivity index (χ0) is 46.5. The Bertz CT molecular complexity index is 1170. The summed E-state index contributed by atoms with van der Waals surface area (Å²) >= 11 is 0. The standard InChI is InChI=1S/C58H102O6/c1-4-7-10-13-16-19-22-25-28-29-30-31-34-36-39-42-45-48-51-57(60)63-54-55(64-58(61)52-49-46-43-40-37-33-27-24-21-18-15-12-9-6-3)53-62-56(59)50-47-44-41-38-35-32-26-23-20-17-14-11-8-5-2/h22,25,28-33,35,37,55H,4-21,23-24,26-27,34,36,38-54H2,1-3H3/b25-22-,29-28-,31-30-,35-32-,37-33-. The molecule has 6 nitrogen and oxygen atoms in total. The molecule has 6 heteroatoms. The lowest BCUT2D eigenvalue weighted by Crippen LogP contribution is -2.30. The van der Waals surface area contributed by atoms with Gasteiger partial charge in [0.1, 0.15) is 13.2 Å². The average molecular weight is 895 g/mol. The summed E-state index contributed by atoms with van der Waals surface area (Å²) < 4.78 is 16.8. The number of carbonyl (C=O) groups is 3. The summed E-state index contributed by atoms with van der Waals surface area (Å²) in [6.07, 6.45) is 64.9. The Kier molecular flexibility index (Phi) is 50.4. The Morgan fingerprint density at radius 3 is 0.922 bits per heavy atom. The lowest BCUT2D eigenvalue weighted by molar-refractivity contribution is -0.167. The van der Waals surface area contributed by atoms with E-state index in [1.807, 2.05) is 0 Å². The van der Waals surface area contributed by atoms with Gasteiger partial charge >= 0.3 is 17.9 Å². The van der Waals surface area contributed by atoms with Crippen LogP contribution in [0.1, 0.15) is 271 Å². The molecule has 0 bridgehead atoms. The van der Waals surface area contributed by atoms with Gasteiger partial charge in [-0.3, -0.25) is 14.4 Å². The summed E-state index contributed by atoms with van der Waals surface area (Å²) in [5.41, 5.74) is 0. The van der Waals surface area contributed by atoms with Crippen molar-refractivity contribution in [1.82, 2.24) is 0 Å². The SMILES string of the molecule is CCCCCCC\C=C/C=C\C=C/CCCCCCCC(=O)OCC(COC(=O)CCCCC/C=C\CCCCCCCCC)OC(=O)CCCCC/C=C\CCCCCCCCC. The van der Waals surface area contributed by atoms with Crippen LogP contribution in [0.4, 0.5) is 0 Å². The topological polar surface area (TPSA) is 78.9 Å². The van der Waals surface area contributed by atoms with Crippen molar-refractivity contribution in [3.8, 4) is 0 Å². The lowest BCUT2D eigenvalue weighted by Gasteiger charge is -2.18. The van der Waals surface area contributed by atoms with E-state index in [0.29, 0.717) is 19.3 Å². The Morgan fingerprint density at radius 2 is 0.578 bits per heavy atom. The van der Waals surface area contributed by atoms with Gasteiger partial charge in [0.05, 0.1) is 0 Å². The van der Waals surface area contributed by atoms with Crippen molar-refractivity contribution in [3.05, 3.63) is 60.8 Å². The van der Waals surface area contributed by atoms with E-state index in [9.17, 15) is 14.4 Å². The molecule has 0 rings (SSSR count). The fourth-order valence-electron chi connectivity index (χ4n) is 7.61. The predicted molar refractivity (Wildman–Crippen MR) is 275 cm³/mol. The smallest absolute Gasteiger partial charge is 0.306 e. The third-order valence-corrected chi connectivity index (χ3v) is 11.8. The first-order valence-electron chi connectivity index (χ1n) is 27.3. The summed E-state index contributed by atoms with van der Waals surface area (Å²) in [7, 11) is 0. The van der Waals surface area contributed by atoms with Gasteiger partial charge < -0.3 is 14.2 Å². The highest BCUT2D eigenvalue weighted by molar-refractivity contribution is 5.71. The lowest BCUT2D eigenvalue weighted by atomic mass is 10.1. The molecule has 0 aliphatic heterocycles. The summed E-state index contributed by atoms with van der Waals surface area (Å²) in [4.78, 5) is 38.0. The van der Waals surface area contributed by atoms with Crippen LogP contribution in [-0.2, 0) is 28.6 Å². The number of unbranched alkanes of at least 4 members (excludes halogenated alkanes) is 30. The maximum Gasteiger partial charge on any atom is 0.306 e. The minimum absolute atomic E-state index is 0.0944. The molecule has 370 valence electrons. The maximum absolute atomic E-state index is 12.8. The molecule has 1 unspecified atom stereocenters. The minimum Gasteiger partial charge on any atom is -0.462 e. The van der Waals surface area contributed by atoms with Crippen molar-refractivity contribution < 1.29 is 28.6 Å². The van der Waals surface area contributed by atoms with Crippen LogP contribution in [0.2, 0.25) is 0 Å². The number of rotatable bonds is 49.